The molecule has 0 unspecified atom stereocenters. The number of hydrogen-bond acceptors (Lipinski definition) is 19. The zero-order valence-corrected chi connectivity index (χ0v) is 56.8. The Bertz CT molecular complexity index is 1610. The molecule has 1 rings (SSSR count). The highest BCUT2D eigenvalue weighted by Crippen LogP contribution is 2.65. The van der Waals surface area contributed by atoms with Crippen LogP contribution in [0.4, 0.5) is 0 Å². The van der Waals surface area contributed by atoms with Crippen molar-refractivity contribution < 1.29 is 82.5 Å². The summed E-state index contributed by atoms with van der Waals surface area (Å²) in [6.07, 6.45) is 0.391. The molecule has 0 spiro atoms. The normalized spacial score (nSPS) is 17.4. The van der Waals surface area contributed by atoms with Crippen LogP contribution in [-0.2, 0) is 84.2 Å². The predicted octanol–water partition coefficient (Wildman–Crippen LogP) is 13.0. The number of ether oxygens (including phenoxy) is 1. The quantitative estimate of drug-likeness (QED) is 0.0592. The van der Waals surface area contributed by atoms with E-state index in [1.807, 2.05) is 125 Å². The lowest BCUT2D eigenvalue weighted by molar-refractivity contribution is 0.221. The third-order valence-corrected chi connectivity index (χ3v) is 40.2. The minimum Gasteiger partial charge on any atom is -0.415 e. The first-order valence-electron chi connectivity index (χ1n) is 20.0. The second-order valence-electron chi connectivity index (χ2n) is 21.1. The Balaban J connectivity index is -0.000000774. The fraction of sp³-hybridized carbons (Fsp3) is 1.00. The molecule has 0 atom stereocenters. The van der Waals surface area contributed by atoms with E-state index in [2.05, 4.69) is 30.4 Å². The first-order valence-corrected chi connectivity index (χ1v) is 56.5. The van der Waals surface area contributed by atoms with Crippen LogP contribution >= 0.6 is 38.8 Å². The van der Waals surface area contributed by atoms with E-state index in [0.717, 1.165) is 6.26 Å². The second-order valence-corrected chi connectivity index (χ2v) is 68.5. The van der Waals surface area contributed by atoms with Crippen LogP contribution in [0, 0.1) is 0 Å². The van der Waals surface area contributed by atoms with Crippen LogP contribution in [0.15, 0.2) is 0 Å². The molecule has 1 aliphatic rings. The molecule has 0 saturated carbocycles. The van der Waals surface area contributed by atoms with Crippen molar-refractivity contribution in [2.75, 3.05) is 52.8 Å². The Morgan fingerprint density at radius 2 is 0.730 bits per heavy atom. The molecule has 0 aromatic heterocycles. The topological polar surface area (TPSA) is 222 Å². The van der Waals surface area contributed by atoms with Gasteiger partial charge in [-0.25, -0.2) is 0 Å². The van der Waals surface area contributed by atoms with Gasteiger partial charge in [0.05, 0.1) is 6.26 Å². The standard InChI is InChI=1S/C9H26O6P2Si2.C8H23O6PSSi2.C8H23O4PSi2.C5H15O3PSi2/c1-12-16(10,13-2)9-17(11,14-18(3,4)5)15-19(6,7)8;1-16(10,11)12-8-15(9,13-17(2,3)4)14-18(5,6)7;1-10-8-13(9,11-14(2,3)4)12-15(5,6)7;1-9-6-10(2,3)8-11(4,5)7-9/h9H2,1-8H3;8H2,1-7H3;8H2,1-7H3;1-5H3. The first-order chi connectivity index (χ1) is 27.1. The van der Waals surface area contributed by atoms with Gasteiger partial charge in [0, 0.05) is 28.0 Å². The van der Waals surface area contributed by atoms with Crippen molar-refractivity contribution in [2.45, 2.75) is 144 Å². The van der Waals surface area contributed by atoms with Crippen molar-refractivity contribution in [2.24, 2.45) is 0 Å². The summed E-state index contributed by atoms with van der Waals surface area (Å²) in [6, 6.07) is 0. The van der Waals surface area contributed by atoms with E-state index in [-0.39, 0.29) is 12.3 Å². The molecule has 0 aliphatic carbocycles. The van der Waals surface area contributed by atoms with Crippen molar-refractivity contribution in [1.29, 1.82) is 0 Å². The lowest BCUT2D eigenvalue weighted by atomic mass is 11.5. The van der Waals surface area contributed by atoms with Gasteiger partial charge in [-0.05, 0) is 144 Å². The summed E-state index contributed by atoms with van der Waals surface area (Å²) in [4.78, 5) is 0. The van der Waals surface area contributed by atoms with Crippen molar-refractivity contribution in [3.05, 3.63) is 0 Å². The largest absolute Gasteiger partial charge is 0.415 e. The van der Waals surface area contributed by atoms with Crippen LogP contribution in [-0.4, -0.2) is 128 Å². The molecule has 0 amide bonds. The van der Waals surface area contributed by atoms with Gasteiger partial charge in [-0.1, -0.05) is 0 Å². The van der Waals surface area contributed by atoms with Gasteiger partial charge in [-0.3, -0.25) is 22.4 Å². The molecule has 19 nitrogen and oxygen atoms in total. The SMILES string of the molecule is COCP(=O)(O[Si](C)(C)C)O[Si](C)(C)C.COP(=O)(CP(=O)(O[Si](C)(C)C)O[Si](C)(C)C)OC.CP1O[Si](C)(C)O[Si](C)(C)O1.C[Si](C)(C)OP(=O)(COS(C)(=O)=O)O[Si](C)(C)C. The molecule has 63 heavy (non-hydrogen) atoms. The number of methoxy groups -OCH3 is 1. The highest BCUT2D eigenvalue weighted by molar-refractivity contribution is 7.86. The molecule has 1 saturated heterocycles. The minimum absolute atomic E-state index is 0.0432. The Labute approximate surface area is 392 Å². The summed E-state index contributed by atoms with van der Waals surface area (Å²) < 4.78 is 142. The highest BCUT2D eigenvalue weighted by atomic mass is 32.2. The van der Waals surface area contributed by atoms with Crippen LogP contribution in [0.5, 0.6) is 0 Å². The van der Waals surface area contributed by atoms with Crippen molar-refractivity contribution in [3.8, 4) is 0 Å². The molecule has 1 heterocycles. The van der Waals surface area contributed by atoms with Crippen molar-refractivity contribution >= 4 is 116 Å². The van der Waals surface area contributed by atoms with Crippen LogP contribution in [0.1, 0.15) is 0 Å². The van der Waals surface area contributed by atoms with Crippen molar-refractivity contribution in [3.63, 3.8) is 0 Å². The van der Waals surface area contributed by atoms with Gasteiger partial charge in [-0.2, -0.15) is 8.42 Å². The summed E-state index contributed by atoms with van der Waals surface area (Å²) >= 11 is 0. The van der Waals surface area contributed by atoms with E-state index in [1.165, 1.54) is 21.3 Å². The average molecular weight is 1160 g/mol. The van der Waals surface area contributed by atoms with E-state index in [0.29, 0.717) is 0 Å². The minimum atomic E-state index is -3.67. The maximum absolute atomic E-state index is 12.9. The Morgan fingerprint density at radius 3 is 0.937 bits per heavy atom. The Hall–Kier alpha value is 2.52. The van der Waals surface area contributed by atoms with Gasteiger partial charge in [-0.15, -0.1) is 0 Å². The zero-order valence-electron chi connectivity index (χ0n) is 43.5. The summed E-state index contributed by atoms with van der Waals surface area (Å²) in [5.74, 6) is -0.346. The number of hydrogen-bond donors (Lipinski definition) is 0. The van der Waals surface area contributed by atoms with Gasteiger partial charge in [0.2, 0.25) is 0 Å². The molecule has 0 radical (unpaired) electrons. The summed E-state index contributed by atoms with van der Waals surface area (Å²) in [5.41, 5.74) is 0. The van der Waals surface area contributed by atoms with E-state index in [1.54, 1.807) is 0 Å². The predicted molar refractivity (Wildman–Crippen MR) is 280 cm³/mol. The Morgan fingerprint density at radius 1 is 0.476 bits per heavy atom. The molecular formula is C30H87O19P5SSi8. The molecule has 33 heteroatoms. The smallest absolute Gasteiger partial charge is 0.342 e. The van der Waals surface area contributed by atoms with Crippen LogP contribution in [0.2, 0.25) is 144 Å². The lowest BCUT2D eigenvalue weighted by Crippen LogP contribution is -2.50. The highest BCUT2D eigenvalue weighted by Gasteiger charge is 2.45. The average Bonchev–Trinajstić information content (AvgIpc) is 2.88. The Kier molecular flexibility index (Phi) is 29.1. The fourth-order valence-corrected chi connectivity index (χ4v) is 44.0. The van der Waals surface area contributed by atoms with Gasteiger partial charge < -0.3 is 51.6 Å². The van der Waals surface area contributed by atoms with Gasteiger partial charge in [0.25, 0.3) is 10.1 Å². The van der Waals surface area contributed by atoms with Crippen molar-refractivity contribution in [1.82, 2.24) is 0 Å². The first kappa shape index (κ1) is 69.8. The maximum atomic E-state index is 12.9. The van der Waals surface area contributed by atoms with Gasteiger partial charge in [0.15, 0.2) is 62.2 Å². The summed E-state index contributed by atoms with van der Waals surface area (Å²) in [5, 5.41) is 0. The molecule has 1 aliphatic heterocycles. The molecule has 0 N–H and O–H groups in total. The van der Waals surface area contributed by atoms with E-state index < -0.39 is 122 Å². The molecule has 0 aromatic carbocycles. The molecule has 1 fully saturated rings. The van der Waals surface area contributed by atoms with E-state index in [9.17, 15) is 26.7 Å². The van der Waals surface area contributed by atoms with Crippen LogP contribution in [0.25, 0.3) is 0 Å². The van der Waals surface area contributed by atoms with Gasteiger partial charge >= 0.3 is 47.5 Å². The third-order valence-electron chi connectivity index (χ3n) is 5.28. The van der Waals surface area contributed by atoms with Crippen LogP contribution in [0.3, 0.4) is 0 Å². The molecular weight excluding hydrogens is 1080 g/mol. The second kappa shape index (κ2) is 26.3. The van der Waals surface area contributed by atoms with E-state index >= 15 is 0 Å². The maximum Gasteiger partial charge on any atom is 0.342 e. The summed E-state index contributed by atoms with van der Waals surface area (Å²) in [6.45, 7) is 44.8. The molecule has 384 valence electrons. The fourth-order valence-electron chi connectivity index (χ4n) is 4.71. The van der Waals surface area contributed by atoms with Crippen LogP contribution < -0.4 is 0 Å². The monoisotopic (exact) mass is 1160 g/mol. The molecule has 0 aromatic rings. The molecule has 0 bridgehead atoms. The van der Waals surface area contributed by atoms with E-state index in [4.69, 9.17) is 51.6 Å². The lowest BCUT2D eigenvalue weighted by Gasteiger charge is -2.40. The summed E-state index contributed by atoms with van der Waals surface area (Å²) in [7, 11) is -29.7. The zero-order chi connectivity index (χ0) is 51.4. The number of rotatable bonds is 21. The third kappa shape index (κ3) is 42.0. The van der Waals surface area contributed by atoms with Gasteiger partial charge in [0.1, 0.15) is 14.7 Å².